The molecule has 13 heteroatoms. The molecule has 0 aromatic heterocycles. The van der Waals surface area contributed by atoms with E-state index in [1.54, 1.807) is 0 Å². The minimum absolute atomic E-state index is 0.0190. The molecule has 0 saturated carbocycles. The molecule has 3 aromatic carbocycles. The molecule has 0 bridgehead atoms. The fourth-order valence-electron chi connectivity index (χ4n) is 4.23. The van der Waals surface area contributed by atoms with Gasteiger partial charge in [-0.1, -0.05) is 18.2 Å². The maximum absolute atomic E-state index is 14.1. The van der Waals surface area contributed by atoms with Gasteiger partial charge in [0.05, 0.1) is 28.4 Å². The molecule has 0 N–H and O–H groups in total. The number of carbonyl (C=O) groups excluding carboxylic acids is 3. The second-order valence-corrected chi connectivity index (χ2v) is 8.81. The van der Waals surface area contributed by atoms with E-state index >= 15 is 0 Å². The lowest BCUT2D eigenvalue weighted by molar-refractivity contribution is -0.138. The first-order valence-electron chi connectivity index (χ1n) is 11.4. The number of ketones is 1. The van der Waals surface area contributed by atoms with Crippen molar-refractivity contribution in [3.05, 3.63) is 99.9 Å². The number of benzene rings is 3. The standard InChI is InChI=1S/C27H16F7N3O3/c1-14-24(39)37(20-8-6-16(12-35)22(11-20)27(32,33)34)25(40)36(14)13-17-5-7-19(28)10-21(17)23(38)15-3-2-4-18(9-15)26(29,30)31/h2-11,14H,13H2,1H3. The minimum Gasteiger partial charge on any atom is -0.308 e. The van der Waals surface area contributed by atoms with E-state index in [1.807, 2.05) is 0 Å². The van der Waals surface area contributed by atoms with Crippen molar-refractivity contribution in [1.82, 2.24) is 4.90 Å². The number of amides is 3. The normalized spacial score (nSPS) is 15.9. The van der Waals surface area contributed by atoms with Gasteiger partial charge in [0.15, 0.2) is 5.78 Å². The second kappa shape index (κ2) is 10.1. The number of nitriles is 1. The van der Waals surface area contributed by atoms with E-state index in [-0.39, 0.29) is 11.1 Å². The molecule has 1 saturated heterocycles. The Morgan fingerprint density at radius 3 is 2.27 bits per heavy atom. The van der Waals surface area contributed by atoms with Gasteiger partial charge in [-0.3, -0.25) is 9.59 Å². The Morgan fingerprint density at radius 1 is 0.950 bits per heavy atom. The monoisotopic (exact) mass is 563 g/mol. The van der Waals surface area contributed by atoms with Gasteiger partial charge in [0.2, 0.25) is 0 Å². The third kappa shape index (κ3) is 5.25. The van der Waals surface area contributed by atoms with Crippen LogP contribution in [-0.2, 0) is 23.7 Å². The average molecular weight is 563 g/mol. The molecule has 0 aliphatic carbocycles. The van der Waals surface area contributed by atoms with Crippen LogP contribution in [0.2, 0.25) is 0 Å². The Kier molecular flexibility index (Phi) is 7.14. The summed E-state index contributed by atoms with van der Waals surface area (Å²) in [6.45, 7) is 0.789. The zero-order chi connectivity index (χ0) is 29.6. The van der Waals surface area contributed by atoms with Crippen molar-refractivity contribution in [3.63, 3.8) is 0 Å². The van der Waals surface area contributed by atoms with Gasteiger partial charge < -0.3 is 4.90 Å². The highest BCUT2D eigenvalue weighted by Gasteiger charge is 2.45. The molecule has 1 aliphatic rings. The molecule has 40 heavy (non-hydrogen) atoms. The summed E-state index contributed by atoms with van der Waals surface area (Å²) in [6.07, 6.45) is -9.70. The summed E-state index contributed by atoms with van der Waals surface area (Å²) in [5.74, 6) is -2.78. The molecule has 4 rings (SSSR count). The van der Waals surface area contributed by atoms with Crippen molar-refractivity contribution in [2.45, 2.75) is 31.9 Å². The number of imide groups is 1. The van der Waals surface area contributed by atoms with Crippen LogP contribution in [0.3, 0.4) is 0 Å². The molecule has 3 aromatic rings. The van der Waals surface area contributed by atoms with Crippen molar-refractivity contribution in [2.24, 2.45) is 0 Å². The van der Waals surface area contributed by atoms with Crippen molar-refractivity contribution in [3.8, 4) is 6.07 Å². The average Bonchev–Trinajstić information content (AvgIpc) is 3.10. The summed E-state index contributed by atoms with van der Waals surface area (Å²) in [6, 6.07) is 7.70. The van der Waals surface area contributed by atoms with Gasteiger partial charge >= 0.3 is 18.4 Å². The van der Waals surface area contributed by atoms with Crippen molar-refractivity contribution < 1.29 is 45.1 Å². The van der Waals surface area contributed by atoms with E-state index in [1.165, 1.54) is 13.0 Å². The van der Waals surface area contributed by atoms with Crippen LogP contribution < -0.4 is 4.90 Å². The van der Waals surface area contributed by atoms with E-state index in [2.05, 4.69) is 0 Å². The third-order valence-electron chi connectivity index (χ3n) is 6.28. The number of hydrogen-bond donors (Lipinski definition) is 0. The van der Waals surface area contributed by atoms with Gasteiger partial charge in [0, 0.05) is 17.7 Å². The van der Waals surface area contributed by atoms with E-state index in [9.17, 15) is 45.1 Å². The zero-order valence-electron chi connectivity index (χ0n) is 20.3. The second-order valence-electron chi connectivity index (χ2n) is 8.81. The summed E-state index contributed by atoms with van der Waals surface area (Å²) in [5.41, 5.74) is -4.43. The molecule has 1 atom stereocenters. The van der Waals surface area contributed by atoms with Crippen LogP contribution in [0.1, 0.15) is 45.1 Å². The molecular formula is C27H16F7N3O3. The lowest BCUT2D eigenvalue weighted by Crippen LogP contribution is -2.34. The maximum Gasteiger partial charge on any atom is 0.417 e. The summed E-state index contributed by atoms with van der Waals surface area (Å²) >= 11 is 0. The summed E-state index contributed by atoms with van der Waals surface area (Å²) in [7, 11) is 0. The van der Waals surface area contributed by atoms with Gasteiger partial charge in [0.1, 0.15) is 11.9 Å². The van der Waals surface area contributed by atoms with Crippen molar-refractivity contribution >= 4 is 23.4 Å². The topological polar surface area (TPSA) is 81.5 Å². The zero-order valence-corrected chi connectivity index (χ0v) is 20.3. The van der Waals surface area contributed by atoms with Crippen molar-refractivity contribution in [1.29, 1.82) is 5.26 Å². The molecule has 0 radical (unpaired) electrons. The van der Waals surface area contributed by atoms with E-state index in [4.69, 9.17) is 5.26 Å². The molecular weight excluding hydrogens is 547 g/mol. The fraction of sp³-hybridized carbons (Fsp3) is 0.185. The minimum atomic E-state index is -4.95. The highest BCUT2D eigenvalue weighted by molar-refractivity contribution is 6.21. The number of carbonyl (C=O) groups is 3. The summed E-state index contributed by atoms with van der Waals surface area (Å²) < 4.78 is 93.9. The highest BCUT2D eigenvalue weighted by Crippen LogP contribution is 2.36. The molecule has 1 aliphatic heterocycles. The third-order valence-corrected chi connectivity index (χ3v) is 6.28. The largest absolute Gasteiger partial charge is 0.417 e. The quantitative estimate of drug-likeness (QED) is 0.207. The molecule has 206 valence electrons. The number of urea groups is 1. The Balaban J connectivity index is 1.69. The van der Waals surface area contributed by atoms with Crippen LogP contribution in [0.15, 0.2) is 60.7 Å². The number of anilines is 1. The van der Waals surface area contributed by atoms with E-state index in [0.29, 0.717) is 17.0 Å². The first-order chi connectivity index (χ1) is 18.6. The van der Waals surface area contributed by atoms with Gasteiger partial charge in [-0.25, -0.2) is 14.1 Å². The van der Waals surface area contributed by atoms with Crippen LogP contribution in [-0.4, -0.2) is 28.7 Å². The highest BCUT2D eigenvalue weighted by atomic mass is 19.4. The maximum atomic E-state index is 14.1. The van der Waals surface area contributed by atoms with Crippen LogP contribution in [0.4, 0.5) is 41.2 Å². The lowest BCUT2D eigenvalue weighted by atomic mass is 9.96. The Labute approximate surface area is 221 Å². The molecule has 3 amide bonds. The summed E-state index contributed by atoms with van der Waals surface area (Å²) in [4.78, 5) is 40.7. The van der Waals surface area contributed by atoms with Crippen LogP contribution in [0.25, 0.3) is 0 Å². The van der Waals surface area contributed by atoms with E-state index < -0.39 is 76.4 Å². The molecule has 1 fully saturated rings. The van der Waals surface area contributed by atoms with Crippen LogP contribution >= 0.6 is 0 Å². The van der Waals surface area contributed by atoms with Crippen LogP contribution in [0.5, 0.6) is 0 Å². The van der Waals surface area contributed by atoms with Gasteiger partial charge in [0.25, 0.3) is 5.91 Å². The predicted octanol–water partition coefficient (Wildman–Crippen LogP) is 6.32. The van der Waals surface area contributed by atoms with Gasteiger partial charge in [-0.05, 0) is 55.0 Å². The number of hydrogen-bond acceptors (Lipinski definition) is 4. The fourth-order valence-corrected chi connectivity index (χ4v) is 4.23. The molecule has 1 unspecified atom stereocenters. The summed E-state index contributed by atoms with van der Waals surface area (Å²) in [5, 5.41) is 9.00. The Morgan fingerprint density at radius 2 is 1.65 bits per heavy atom. The SMILES string of the molecule is CC1C(=O)N(c2ccc(C#N)c(C(F)(F)F)c2)C(=O)N1Cc1ccc(F)cc1C(=O)c1cccc(C(F)(F)F)c1. The molecule has 0 spiro atoms. The first kappa shape index (κ1) is 28.3. The Bertz CT molecular complexity index is 1570. The van der Waals surface area contributed by atoms with Crippen molar-refractivity contribution in [2.75, 3.05) is 4.90 Å². The van der Waals surface area contributed by atoms with Crippen LogP contribution in [0, 0.1) is 17.1 Å². The van der Waals surface area contributed by atoms with Gasteiger partial charge in [-0.15, -0.1) is 0 Å². The van der Waals surface area contributed by atoms with E-state index in [0.717, 1.165) is 53.4 Å². The number of rotatable bonds is 5. The number of halogens is 7. The molecule has 1 heterocycles. The number of alkyl halides is 6. The smallest absolute Gasteiger partial charge is 0.308 e. The number of nitrogens with zero attached hydrogens (tertiary/aromatic N) is 3. The first-order valence-corrected chi connectivity index (χ1v) is 11.4. The predicted molar refractivity (Wildman–Crippen MR) is 125 cm³/mol. The molecule has 6 nitrogen and oxygen atoms in total. The lowest BCUT2D eigenvalue weighted by Gasteiger charge is -2.21. The Hall–Kier alpha value is -4.73. The van der Waals surface area contributed by atoms with Gasteiger partial charge in [-0.2, -0.15) is 31.6 Å².